The number of aromatic nitrogens is 1. The van der Waals surface area contributed by atoms with Crippen molar-refractivity contribution in [3.8, 4) is 0 Å². The first-order valence-electron chi connectivity index (χ1n) is 4.96. The smallest absolute Gasteiger partial charge is 0.264 e. The number of carbonyl (C=O) groups excluding carboxylic acids is 1. The molecule has 2 nitrogen and oxygen atoms in total. The summed E-state index contributed by atoms with van der Waals surface area (Å²) in [5.41, 5.74) is 1.51. The molecule has 0 spiro atoms. The standard InChI is InChI=1S/C11H11F2NO/c1-6-5-8(11(12)13)7-3-2-4-9(15)10(7)14-6/h5,11H,2-4H2,1H3/p+1. The molecule has 0 aliphatic heterocycles. The van der Waals surface area contributed by atoms with Gasteiger partial charge in [-0.15, -0.1) is 0 Å². The quantitative estimate of drug-likeness (QED) is 0.702. The molecule has 0 saturated carbocycles. The molecule has 2 rings (SSSR count). The average Bonchev–Trinajstić information content (AvgIpc) is 2.18. The van der Waals surface area contributed by atoms with Gasteiger partial charge in [0.15, 0.2) is 5.69 Å². The number of rotatable bonds is 1. The first kappa shape index (κ1) is 10.2. The second kappa shape index (κ2) is 3.68. The van der Waals surface area contributed by atoms with E-state index in [0.29, 0.717) is 36.2 Å². The van der Waals surface area contributed by atoms with Crippen molar-refractivity contribution in [2.45, 2.75) is 32.6 Å². The van der Waals surface area contributed by atoms with Crippen LogP contribution in [0.15, 0.2) is 6.07 Å². The Morgan fingerprint density at radius 2 is 2.13 bits per heavy atom. The summed E-state index contributed by atoms with van der Waals surface area (Å²) in [7, 11) is 0. The third-order valence-corrected chi connectivity index (χ3v) is 2.69. The van der Waals surface area contributed by atoms with E-state index in [4.69, 9.17) is 0 Å². The largest absolute Gasteiger partial charge is 0.287 e. The maximum Gasteiger partial charge on any atom is 0.264 e. The molecular weight excluding hydrogens is 200 g/mol. The predicted molar refractivity (Wildman–Crippen MR) is 50.0 cm³/mol. The van der Waals surface area contributed by atoms with Crippen LogP contribution >= 0.6 is 0 Å². The lowest BCUT2D eigenvalue weighted by molar-refractivity contribution is -0.392. The number of carbonyl (C=O) groups is 1. The molecule has 1 aromatic rings. The second-order valence-corrected chi connectivity index (χ2v) is 3.84. The molecule has 0 aromatic carbocycles. The van der Waals surface area contributed by atoms with Gasteiger partial charge in [0.05, 0.1) is 0 Å². The maximum atomic E-state index is 12.7. The average molecular weight is 212 g/mol. The first-order valence-corrected chi connectivity index (χ1v) is 4.96. The van der Waals surface area contributed by atoms with Crippen molar-refractivity contribution in [3.05, 3.63) is 28.6 Å². The van der Waals surface area contributed by atoms with Gasteiger partial charge in [0.25, 0.3) is 12.1 Å². The van der Waals surface area contributed by atoms with Gasteiger partial charge >= 0.3 is 0 Å². The molecule has 1 aliphatic rings. The van der Waals surface area contributed by atoms with Crippen LogP contribution in [0, 0.1) is 6.92 Å². The number of alkyl halides is 2. The van der Waals surface area contributed by atoms with Crippen molar-refractivity contribution in [1.29, 1.82) is 0 Å². The van der Waals surface area contributed by atoms with Gasteiger partial charge < -0.3 is 0 Å². The van der Waals surface area contributed by atoms with Gasteiger partial charge in [-0.2, -0.15) is 0 Å². The summed E-state index contributed by atoms with van der Waals surface area (Å²) in [6.45, 7) is 1.69. The maximum absolute atomic E-state index is 12.7. The van der Waals surface area contributed by atoms with Crippen LogP contribution < -0.4 is 4.98 Å². The Hall–Kier alpha value is -1.32. The lowest BCUT2D eigenvalue weighted by atomic mass is 9.91. The number of aromatic amines is 1. The second-order valence-electron chi connectivity index (χ2n) is 3.84. The molecule has 4 heteroatoms. The first-order chi connectivity index (χ1) is 7.09. The van der Waals surface area contributed by atoms with Crippen LogP contribution in [0.1, 0.15) is 46.6 Å². The Kier molecular flexibility index (Phi) is 2.50. The number of fused-ring (bicyclic) bond motifs is 1. The zero-order chi connectivity index (χ0) is 11.0. The highest BCUT2D eigenvalue weighted by atomic mass is 19.3. The van der Waals surface area contributed by atoms with Crippen LogP contribution in [0.4, 0.5) is 8.78 Å². The lowest BCUT2D eigenvalue weighted by Gasteiger charge is -2.13. The monoisotopic (exact) mass is 212 g/mol. The van der Waals surface area contributed by atoms with Gasteiger partial charge in [-0.1, -0.05) is 0 Å². The number of Topliss-reactive ketones (excluding diaryl/α,β-unsaturated/α-hetero) is 1. The van der Waals surface area contributed by atoms with E-state index in [1.165, 1.54) is 6.07 Å². The Morgan fingerprint density at radius 1 is 1.40 bits per heavy atom. The highest BCUT2D eigenvalue weighted by Gasteiger charge is 2.29. The van der Waals surface area contributed by atoms with Crippen molar-refractivity contribution in [2.75, 3.05) is 0 Å². The number of pyridine rings is 1. The number of hydrogen-bond acceptors (Lipinski definition) is 1. The minimum atomic E-state index is -2.50. The summed E-state index contributed by atoms with van der Waals surface area (Å²) >= 11 is 0. The van der Waals surface area contributed by atoms with E-state index in [2.05, 4.69) is 4.98 Å². The fourth-order valence-electron chi connectivity index (χ4n) is 2.03. The molecule has 1 heterocycles. The van der Waals surface area contributed by atoms with Crippen LogP contribution in [-0.4, -0.2) is 5.78 Å². The molecule has 1 aromatic heterocycles. The Balaban J connectivity index is 2.62. The Labute approximate surface area is 86.3 Å². The molecule has 0 amide bonds. The van der Waals surface area contributed by atoms with E-state index in [1.807, 2.05) is 0 Å². The molecule has 15 heavy (non-hydrogen) atoms. The predicted octanol–water partition coefficient (Wildman–Crippen LogP) is 2.27. The van der Waals surface area contributed by atoms with Gasteiger partial charge in [0, 0.05) is 30.5 Å². The molecule has 0 atom stereocenters. The number of nitrogens with one attached hydrogen (secondary N) is 1. The molecule has 1 aliphatic carbocycles. The Bertz CT molecular complexity index is 415. The van der Waals surface area contributed by atoms with Crippen molar-refractivity contribution in [3.63, 3.8) is 0 Å². The molecular formula is C11H12F2NO+. The molecule has 0 unspecified atom stereocenters. The highest BCUT2D eigenvalue weighted by molar-refractivity contribution is 5.95. The normalized spacial score (nSPS) is 15.6. The third kappa shape index (κ3) is 1.76. The minimum absolute atomic E-state index is 0.00861. The minimum Gasteiger partial charge on any atom is -0.287 e. The van der Waals surface area contributed by atoms with Gasteiger partial charge in [0.1, 0.15) is 0 Å². The van der Waals surface area contributed by atoms with E-state index in [0.717, 1.165) is 0 Å². The van der Waals surface area contributed by atoms with Gasteiger partial charge in [-0.05, 0) is 12.8 Å². The van der Waals surface area contributed by atoms with Crippen molar-refractivity contribution in [2.24, 2.45) is 0 Å². The van der Waals surface area contributed by atoms with E-state index in [1.54, 1.807) is 6.92 Å². The fourth-order valence-corrected chi connectivity index (χ4v) is 2.03. The van der Waals surface area contributed by atoms with Crippen LogP contribution in [0.2, 0.25) is 0 Å². The van der Waals surface area contributed by atoms with Gasteiger partial charge in [-0.3, -0.25) is 4.79 Å². The van der Waals surface area contributed by atoms with Crippen LogP contribution in [0.3, 0.4) is 0 Å². The Morgan fingerprint density at radius 3 is 2.80 bits per heavy atom. The number of ketones is 1. The van der Waals surface area contributed by atoms with Crippen LogP contribution in [0.25, 0.3) is 0 Å². The fraction of sp³-hybridized carbons (Fsp3) is 0.455. The summed E-state index contributed by atoms with van der Waals surface area (Å²) in [6, 6.07) is 1.43. The lowest BCUT2D eigenvalue weighted by Crippen LogP contribution is -2.27. The summed E-state index contributed by atoms with van der Waals surface area (Å²) in [6.07, 6.45) is -0.812. The van der Waals surface area contributed by atoms with E-state index < -0.39 is 6.43 Å². The molecule has 0 saturated heterocycles. The number of halogens is 2. The van der Waals surface area contributed by atoms with Gasteiger partial charge in [-0.25, -0.2) is 13.8 Å². The van der Waals surface area contributed by atoms with Crippen LogP contribution in [0.5, 0.6) is 0 Å². The summed E-state index contributed by atoms with van der Waals surface area (Å²) in [4.78, 5) is 14.4. The summed E-state index contributed by atoms with van der Waals surface area (Å²) < 4.78 is 25.5. The molecule has 0 bridgehead atoms. The van der Waals surface area contributed by atoms with E-state index >= 15 is 0 Å². The topological polar surface area (TPSA) is 31.2 Å². The zero-order valence-electron chi connectivity index (χ0n) is 8.44. The van der Waals surface area contributed by atoms with Crippen molar-refractivity contribution in [1.82, 2.24) is 0 Å². The molecule has 0 fully saturated rings. The van der Waals surface area contributed by atoms with Crippen molar-refractivity contribution < 1.29 is 18.6 Å². The van der Waals surface area contributed by atoms with E-state index in [-0.39, 0.29) is 11.3 Å². The third-order valence-electron chi connectivity index (χ3n) is 2.69. The number of hydrogen-bond donors (Lipinski definition) is 0. The molecule has 0 radical (unpaired) electrons. The van der Waals surface area contributed by atoms with Gasteiger partial charge in [0.2, 0.25) is 5.78 Å². The van der Waals surface area contributed by atoms with Crippen molar-refractivity contribution >= 4 is 5.78 Å². The SMILES string of the molecule is Cc1cc(C(F)F)c2c([nH+]1)C(=O)CCC2. The zero-order valence-corrected chi connectivity index (χ0v) is 8.44. The van der Waals surface area contributed by atoms with Crippen LogP contribution in [-0.2, 0) is 6.42 Å². The van der Waals surface area contributed by atoms with E-state index in [9.17, 15) is 13.6 Å². The highest BCUT2D eigenvalue weighted by Crippen LogP contribution is 2.28. The summed E-state index contributed by atoms with van der Waals surface area (Å²) in [5.74, 6) is -0.0538. The summed E-state index contributed by atoms with van der Waals surface area (Å²) in [5, 5.41) is 0. The number of H-pyrrole nitrogens is 1. The molecule has 80 valence electrons. The molecule has 1 N–H and O–H groups in total. The number of aryl methyl sites for hydroxylation is 1.